The van der Waals surface area contributed by atoms with E-state index in [1.807, 2.05) is 6.92 Å². The topological polar surface area (TPSA) is 87.4 Å². The number of aromatic nitrogens is 1. The van der Waals surface area contributed by atoms with Crippen LogP contribution in [0.4, 0.5) is 10.8 Å². The summed E-state index contributed by atoms with van der Waals surface area (Å²) in [6.45, 7) is 8.54. The van der Waals surface area contributed by atoms with Crippen LogP contribution in [-0.4, -0.2) is 29.3 Å². The SMILES string of the molecule is Cc1nc(NC(=O)NCC(CCO)CC(C)C)oc1C. The number of nitrogens with zero attached hydrogens (tertiary/aromatic N) is 1. The van der Waals surface area contributed by atoms with E-state index < -0.39 is 0 Å². The van der Waals surface area contributed by atoms with Gasteiger partial charge in [-0.25, -0.2) is 4.79 Å². The van der Waals surface area contributed by atoms with Crippen molar-refractivity contribution in [3.05, 3.63) is 11.5 Å². The van der Waals surface area contributed by atoms with Crippen molar-refractivity contribution in [3.8, 4) is 0 Å². The van der Waals surface area contributed by atoms with Gasteiger partial charge in [-0.05, 0) is 38.5 Å². The molecule has 0 fully saturated rings. The number of amides is 2. The summed E-state index contributed by atoms with van der Waals surface area (Å²) in [5, 5.41) is 14.4. The predicted molar refractivity (Wildman–Crippen MR) is 77.6 cm³/mol. The highest BCUT2D eigenvalue weighted by Gasteiger charge is 2.13. The van der Waals surface area contributed by atoms with Crippen LogP contribution in [0.2, 0.25) is 0 Å². The number of aliphatic hydroxyl groups excluding tert-OH is 1. The zero-order valence-electron chi connectivity index (χ0n) is 12.7. The first kappa shape index (κ1) is 16.5. The van der Waals surface area contributed by atoms with Crippen LogP contribution in [0.5, 0.6) is 0 Å². The molecule has 1 rings (SSSR count). The highest BCUT2D eigenvalue weighted by atomic mass is 16.4. The van der Waals surface area contributed by atoms with Gasteiger partial charge in [-0.1, -0.05) is 13.8 Å². The van der Waals surface area contributed by atoms with Crippen LogP contribution < -0.4 is 10.6 Å². The minimum Gasteiger partial charge on any atom is -0.428 e. The largest absolute Gasteiger partial charge is 0.428 e. The highest BCUT2D eigenvalue weighted by Crippen LogP contribution is 2.15. The molecule has 0 aromatic carbocycles. The summed E-state index contributed by atoms with van der Waals surface area (Å²) in [6.07, 6.45) is 1.66. The summed E-state index contributed by atoms with van der Waals surface area (Å²) in [4.78, 5) is 15.8. The van der Waals surface area contributed by atoms with Crippen molar-refractivity contribution < 1.29 is 14.3 Å². The van der Waals surface area contributed by atoms with Crippen molar-refractivity contribution in [3.63, 3.8) is 0 Å². The van der Waals surface area contributed by atoms with Gasteiger partial charge in [0.15, 0.2) is 0 Å². The lowest BCUT2D eigenvalue weighted by atomic mass is 9.94. The van der Waals surface area contributed by atoms with Gasteiger partial charge in [0.1, 0.15) is 5.76 Å². The Bertz CT molecular complexity index is 410. The van der Waals surface area contributed by atoms with E-state index in [0.717, 1.165) is 12.1 Å². The predicted octanol–water partition coefficient (Wildman–Crippen LogP) is 2.46. The molecule has 0 aliphatic heterocycles. The molecule has 20 heavy (non-hydrogen) atoms. The Labute approximate surface area is 120 Å². The molecule has 6 heteroatoms. The molecule has 3 N–H and O–H groups in total. The zero-order valence-corrected chi connectivity index (χ0v) is 12.7. The lowest BCUT2D eigenvalue weighted by Gasteiger charge is -2.18. The van der Waals surface area contributed by atoms with Crippen LogP contribution in [0.3, 0.4) is 0 Å². The van der Waals surface area contributed by atoms with Crippen molar-refractivity contribution >= 4 is 12.0 Å². The fourth-order valence-corrected chi connectivity index (χ4v) is 2.06. The maximum atomic E-state index is 11.7. The Morgan fingerprint density at radius 1 is 1.40 bits per heavy atom. The zero-order chi connectivity index (χ0) is 15.1. The number of anilines is 1. The molecule has 6 nitrogen and oxygen atoms in total. The van der Waals surface area contributed by atoms with Crippen LogP contribution >= 0.6 is 0 Å². The van der Waals surface area contributed by atoms with Crippen molar-refractivity contribution in [1.29, 1.82) is 0 Å². The van der Waals surface area contributed by atoms with Crippen molar-refractivity contribution in [1.82, 2.24) is 10.3 Å². The maximum absolute atomic E-state index is 11.7. The molecule has 2 amide bonds. The average Bonchev–Trinajstić information content (AvgIpc) is 2.65. The number of rotatable bonds is 7. The Kier molecular flexibility index (Phi) is 6.51. The molecule has 0 radical (unpaired) electrons. The van der Waals surface area contributed by atoms with Gasteiger partial charge in [0.25, 0.3) is 0 Å². The van der Waals surface area contributed by atoms with E-state index in [2.05, 4.69) is 29.5 Å². The van der Waals surface area contributed by atoms with E-state index in [1.54, 1.807) is 6.92 Å². The normalized spacial score (nSPS) is 12.5. The Hall–Kier alpha value is -1.56. The first-order valence-electron chi connectivity index (χ1n) is 7.02. The Morgan fingerprint density at radius 3 is 2.60 bits per heavy atom. The standard InChI is InChI=1S/C14H25N3O3/c1-9(2)7-12(5-6-18)8-15-13(19)17-14-16-10(3)11(4)20-14/h9,12,18H,5-8H2,1-4H3,(H2,15,16,17,19). The van der Waals surface area contributed by atoms with Gasteiger partial charge in [0, 0.05) is 13.2 Å². The van der Waals surface area contributed by atoms with Crippen LogP contribution in [0.25, 0.3) is 0 Å². The molecule has 1 unspecified atom stereocenters. The third-order valence-electron chi connectivity index (χ3n) is 3.14. The number of aryl methyl sites for hydroxylation is 2. The second-order valence-electron chi connectivity index (χ2n) is 5.50. The Morgan fingerprint density at radius 2 is 2.10 bits per heavy atom. The van der Waals surface area contributed by atoms with Gasteiger partial charge in [-0.3, -0.25) is 5.32 Å². The van der Waals surface area contributed by atoms with Crippen molar-refractivity contribution in [2.45, 2.75) is 40.5 Å². The third-order valence-corrected chi connectivity index (χ3v) is 3.14. The van der Waals surface area contributed by atoms with Crippen LogP contribution in [0.1, 0.15) is 38.1 Å². The average molecular weight is 283 g/mol. The first-order valence-corrected chi connectivity index (χ1v) is 7.02. The van der Waals surface area contributed by atoms with E-state index in [-0.39, 0.29) is 24.6 Å². The molecular formula is C14H25N3O3. The molecule has 1 aromatic rings. The molecule has 0 aliphatic carbocycles. The van der Waals surface area contributed by atoms with E-state index in [1.165, 1.54) is 0 Å². The van der Waals surface area contributed by atoms with E-state index in [0.29, 0.717) is 24.6 Å². The summed E-state index contributed by atoms with van der Waals surface area (Å²) >= 11 is 0. The molecule has 0 spiro atoms. The minimum atomic E-state index is -0.335. The van der Waals surface area contributed by atoms with Crippen LogP contribution in [0.15, 0.2) is 4.42 Å². The smallest absolute Gasteiger partial charge is 0.322 e. The maximum Gasteiger partial charge on any atom is 0.322 e. The molecular weight excluding hydrogens is 258 g/mol. The van der Waals surface area contributed by atoms with E-state index >= 15 is 0 Å². The molecule has 1 atom stereocenters. The number of hydrogen-bond donors (Lipinski definition) is 3. The monoisotopic (exact) mass is 283 g/mol. The second kappa shape index (κ2) is 7.89. The van der Waals surface area contributed by atoms with E-state index in [9.17, 15) is 4.79 Å². The first-order chi connectivity index (χ1) is 9.42. The molecule has 0 aliphatic rings. The number of carbonyl (C=O) groups is 1. The number of urea groups is 1. The van der Waals surface area contributed by atoms with E-state index in [4.69, 9.17) is 9.52 Å². The van der Waals surface area contributed by atoms with Gasteiger partial charge >= 0.3 is 12.0 Å². The highest BCUT2D eigenvalue weighted by molar-refractivity contribution is 5.86. The lowest BCUT2D eigenvalue weighted by molar-refractivity contribution is 0.231. The Balaban J connectivity index is 2.40. The second-order valence-corrected chi connectivity index (χ2v) is 5.50. The van der Waals surface area contributed by atoms with Gasteiger partial charge in [-0.2, -0.15) is 4.98 Å². The number of carbonyl (C=O) groups excluding carboxylic acids is 1. The number of aliphatic hydroxyl groups is 1. The lowest BCUT2D eigenvalue weighted by Crippen LogP contribution is -2.34. The summed E-state index contributed by atoms with van der Waals surface area (Å²) in [5.74, 6) is 1.51. The summed E-state index contributed by atoms with van der Waals surface area (Å²) < 4.78 is 5.28. The quantitative estimate of drug-likeness (QED) is 0.717. The summed E-state index contributed by atoms with van der Waals surface area (Å²) in [6, 6.07) is -0.127. The van der Waals surface area contributed by atoms with Gasteiger partial charge in [0.05, 0.1) is 5.69 Å². The summed E-state index contributed by atoms with van der Waals surface area (Å²) in [7, 11) is 0. The van der Waals surface area contributed by atoms with Crippen LogP contribution in [0, 0.1) is 25.7 Å². The van der Waals surface area contributed by atoms with Gasteiger partial charge in [0.2, 0.25) is 0 Å². The van der Waals surface area contributed by atoms with Gasteiger partial charge < -0.3 is 14.8 Å². The molecule has 0 saturated carbocycles. The molecule has 1 aromatic heterocycles. The fourth-order valence-electron chi connectivity index (χ4n) is 2.06. The number of oxazole rings is 1. The summed E-state index contributed by atoms with van der Waals surface area (Å²) in [5.41, 5.74) is 0.762. The van der Waals surface area contributed by atoms with Crippen molar-refractivity contribution in [2.24, 2.45) is 11.8 Å². The molecule has 0 saturated heterocycles. The van der Waals surface area contributed by atoms with Crippen molar-refractivity contribution in [2.75, 3.05) is 18.5 Å². The minimum absolute atomic E-state index is 0.138. The molecule has 114 valence electrons. The molecule has 1 heterocycles. The fraction of sp³-hybridized carbons (Fsp3) is 0.714. The number of nitrogens with one attached hydrogen (secondary N) is 2. The van der Waals surface area contributed by atoms with Gasteiger partial charge in [-0.15, -0.1) is 0 Å². The molecule has 0 bridgehead atoms. The third kappa shape index (κ3) is 5.61. The van der Waals surface area contributed by atoms with Crippen LogP contribution in [-0.2, 0) is 0 Å². The number of hydrogen-bond acceptors (Lipinski definition) is 4.